The molecule has 0 bridgehead atoms. The predicted molar refractivity (Wildman–Crippen MR) is 62.8 cm³/mol. The van der Waals surface area contributed by atoms with Crippen LogP contribution < -0.4 is 4.74 Å². The summed E-state index contributed by atoms with van der Waals surface area (Å²) < 4.78 is 6.85. The van der Waals surface area contributed by atoms with Gasteiger partial charge in [-0.2, -0.15) is 5.10 Å². The minimum atomic E-state index is 0.146. The highest BCUT2D eigenvalue weighted by atomic mass is 16.5. The summed E-state index contributed by atoms with van der Waals surface area (Å²) in [6.07, 6.45) is 3.34. The number of fused-ring (bicyclic) bond motifs is 1. The van der Waals surface area contributed by atoms with Crippen molar-refractivity contribution in [3.8, 4) is 11.4 Å². The molecule has 0 radical (unpaired) electrons. The van der Waals surface area contributed by atoms with E-state index < -0.39 is 0 Å². The van der Waals surface area contributed by atoms with Crippen molar-refractivity contribution in [2.75, 3.05) is 7.11 Å². The van der Waals surface area contributed by atoms with Crippen molar-refractivity contribution in [1.29, 1.82) is 0 Å². The van der Waals surface area contributed by atoms with Crippen molar-refractivity contribution in [2.45, 2.75) is 12.8 Å². The summed E-state index contributed by atoms with van der Waals surface area (Å²) in [7, 11) is 1.64. The van der Waals surface area contributed by atoms with Crippen LogP contribution in [0, 0.1) is 0 Å². The minimum absolute atomic E-state index is 0.146. The Bertz CT molecular complexity index is 570. The molecule has 4 nitrogen and oxygen atoms in total. The van der Waals surface area contributed by atoms with Gasteiger partial charge in [-0.3, -0.25) is 4.79 Å². The molecule has 4 heteroatoms. The van der Waals surface area contributed by atoms with Gasteiger partial charge >= 0.3 is 0 Å². The highest BCUT2D eigenvalue weighted by molar-refractivity contribution is 5.98. The first-order valence-corrected chi connectivity index (χ1v) is 5.54. The van der Waals surface area contributed by atoms with E-state index in [1.54, 1.807) is 11.8 Å². The molecule has 0 N–H and O–H groups in total. The number of carbonyl (C=O) groups is 1. The Hall–Kier alpha value is -2.10. The van der Waals surface area contributed by atoms with E-state index in [1.165, 1.54) is 0 Å². The van der Waals surface area contributed by atoms with Gasteiger partial charge in [0.2, 0.25) is 0 Å². The first-order valence-electron chi connectivity index (χ1n) is 5.54. The lowest BCUT2D eigenvalue weighted by Gasteiger charge is -2.03. The molecule has 3 rings (SSSR count). The Morgan fingerprint density at radius 3 is 2.65 bits per heavy atom. The monoisotopic (exact) mass is 228 g/mol. The fourth-order valence-corrected chi connectivity index (χ4v) is 2.06. The normalized spacial score (nSPS) is 13.8. The number of rotatable bonds is 2. The van der Waals surface area contributed by atoms with Crippen LogP contribution in [-0.4, -0.2) is 22.7 Å². The van der Waals surface area contributed by atoms with E-state index in [2.05, 4.69) is 5.10 Å². The van der Waals surface area contributed by atoms with Crippen LogP contribution in [0.3, 0.4) is 0 Å². The molecule has 0 aliphatic heterocycles. The lowest BCUT2D eigenvalue weighted by atomic mass is 10.3. The van der Waals surface area contributed by atoms with Crippen molar-refractivity contribution in [2.24, 2.45) is 0 Å². The maximum atomic E-state index is 11.5. The molecule has 1 aliphatic rings. The third kappa shape index (κ3) is 1.62. The summed E-state index contributed by atoms with van der Waals surface area (Å²) in [5.74, 6) is 0.955. The number of carbonyl (C=O) groups excluding carboxylic acids is 1. The summed E-state index contributed by atoms with van der Waals surface area (Å²) in [6.45, 7) is 0. The highest BCUT2D eigenvalue weighted by Crippen LogP contribution is 2.22. The fourth-order valence-electron chi connectivity index (χ4n) is 2.06. The molecule has 17 heavy (non-hydrogen) atoms. The Morgan fingerprint density at radius 1 is 1.24 bits per heavy atom. The number of hydrogen-bond acceptors (Lipinski definition) is 3. The van der Waals surface area contributed by atoms with Crippen LogP contribution in [0.25, 0.3) is 5.69 Å². The van der Waals surface area contributed by atoms with Crippen molar-refractivity contribution in [3.05, 3.63) is 41.7 Å². The number of hydrogen-bond donors (Lipinski definition) is 0. The van der Waals surface area contributed by atoms with E-state index >= 15 is 0 Å². The molecule has 0 atom stereocenters. The second-order valence-electron chi connectivity index (χ2n) is 4.07. The zero-order valence-electron chi connectivity index (χ0n) is 9.51. The third-order valence-electron chi connectivity index (χ3n) is 3.01. The van der Waals surface area contributed by atoms with Gasteiger partial charge in [-0.15, -0.1) is 0 Å². The number of aromatic nitrogens is 2. The van der Waals surface area contributed by atoms with Crippen molar-refractivity contribution in [1.82, 2.24) is 9.78 Å². The molecule has 0 unspecified atom stereocenters. The molecule has 0 spiro atoms. The van der Waals surface area contributed by atoms with Crippen LogP contribution in [-0.2, 0) is 6.42 Å². The summed E-state index contributed by atoms with van der Waals surface area (Å²) in [6, 6.07) is 7.60. The number of ether oxygens (including phenoxy) is 1. The van der Waals surface area contributed by atoms with Gasteiger partial charge < -0.3 is 4.74 Å². The third-order valence-corrected chi connectivity index (χ3v) is 3.01. The summed E-state index contributed by atoms with van der Waals surface area (Å²) in [4.78, 5) is 11.5. The van der Waals surface area contributed by atoms with Crippen LogP contribution in [0.5, 0.6) is 5.75 Å². The lowest BCUT2D eigenvalue weighted by molar-refractivity contribution is 0.0989. The van der Waals surface area contributed by atoms with Gasteiger partial charge in [-0.05, 0) is 30.7 Å². The SMILES string of the molecule is COc1ccc(-n2cc3c(n2)C(=O)CC3)cc1. The molecule has 1 aromatic carbocycles. The molecule has 0 fully saturated rings. The largest absolute Gasteiger partial charge is 0.497 e. The molecule has 0 amide bonds. The molecule has 0 saturated carbocycles. The van der Waals surface area contributed by atoms with E-state index in [1.807, 2.05) is 30.5 Å². The molecule has 1 heterocycles. The summed E-state index contributed by atoms with van der Waals surface area (Å²) >= 11 is 0. The van der Waals surface area contributed by atoms with Crippen LogP contribution >= 0.6 is 0 Å². The number of ketones is 1. The second kappa shape index (κ2) is 3.73. The van der Waals surface area contributed by atoms with Crippen LogP contribution in [0.2, 0.25) is 0 Å². The first kappa shape index (κ1) is 10.1. The molecule has 1 aromatic heterocycles. The molecule has 86 valence electrons. The van der Waals surface area contributed by atoms with E-state index in [0.29, 0.717) is 12.1 Å². The fraction of sp³-hybridized carbons (Fsp3) is 0.231. The number of nitrogens with zero attached hydrogens (tertiary/aromatic N) is 2. The van der Waals surface area contributed by atoms with Crippen LogP contribution in [0.1, 0.15) is 22.5 Å². The Balaban J connectivity index is 1.98. The van der Waals surface area contributed by atoms with Gasteiger partial charge in [0.15, 0.2) is 5.78 Å². The van der Waals surface area contributed by atoms with E-state index in [-0.39, 0.29) is 5.78 Å². The standard InChI is InChI=1S/C13H12N2O2/c1-17-11-5-3-10(4-6-11)15-8-9-2-7-12(16)13(9)14-15/h3-6,8H,2,7H2,1H3. The molecule has 0 saturated heterocycles. The van der Waals surface area contributed by atoms with Gasteiger partial charge in [0.25, 0.3) is 0 Å². The molecular weight excluding hydrogens is 216 g/mol. The van der Waals surface area contributed by atoms with Crippen molar-refractivity contribution < 1.29 is 9.53 Å². The lowest BCUT2D eigenvalue weighted by Crippen LogP contribution is -1.99. The smallest absolute Gasteiger partial charge is 0.183 e. The van der Waals surface area contributed by atoms with Gasteiger partial charge in [0, 0.05) is 18.2 Å². The second-order valence-corrected chi connectivity index (χ2v) is 4.07. The van der Waals surface area contributed by atoms with Crippen molar-refractivity contribution in [3.63, 3.8) is 0 Å². The quantitative estimate of drug-likeness (QED) is 0.789. The van der Waals surface area contributed by atoms with Crippen LogP contribution in [0.4, 0.5) is 0 Å². The first-order chi connectivity index (χ1) is 8.28. The zero-order chi connectivity index (χ0) is 11.8. The van der Waals surface area contributed by atoms with Gasteiger partial charge in [0.05, 0.1) is 12.8 Å². The summed E-state index contributed by atoms with van der Waals surface area (Å²) in [5.41, 5.74) is 2.61. The van der Waals surface area contributed by atoms with E-state index in [9.17, 15) is 4.79 Å². The topological polar surface area (TPSA) is 44.1 Å². The molecule has 2 aromatic rings. The van der Waals surface area contributed by atoms with Gasteiger partial charge in [-0.1, -0.05) is 0 Å². The van der Waals surface area contributed by atoms with Gasteiger partial charge in [-0.25, -0.2) is 4.68 Å². The predicted octanol–water partition coefficient (Wildman–Crippen LogP) is 2.01. The number of Topliss-reactive ketones (excluding diaryl/α,β-unsaturated/α-hetero) is 1. The molecular formula is C13H12N2O2. The number of aryl methyl sites for hydroxylation is 1. The van der Waals surface area contributed by atoms with Gasteiger partial charge in [0.1, 0.15) is 11.4 Å². The average molecular weight is 228 g/mol. The Labute approximate surface area is 98.8 Å². The summed E-state index contributed by atoms with van der Waals surface area (Å²) in [5, 5.41) is 4.32. The maximum absolute atomic E-state index is 11.5. The maximum Gasteiger partial charge on any atom is 0.183 e. The highest BCUT2D eigenvalue weighted by Gasteiger charge is 2.23. The van der Waals surface area contributed by atoms with Crippen LogP contribution in [0.15, 0.2) is 30.5 Å². The Kier molecular flexibility index (Phi) is 2.21. The zero-order valence-corrected chi connectivity index (χ0v) is 9.51. The average Bonchev–Trinajstić information content (AvgIpc) is 2.92. The van der Waals surface area contributed by atoms with E-state index in [4.69, 9.17) is 4.74 Å². The minimum Gasteiger partial charge on any atom is -0.497 e. The molecule has 1 aliphatic carbocycles. The number of benzene rings is 1. The van der Waals surface area contributed by atoms with Crippen molar-refractivity contribution >= 4 is 5.78 Å². The number of methoxy groups -OCH3 is 1. The Morgan fingerprint density at radius 2 is 2.00 bits per heavy atom. The van der Waals surface area contributed by atoms with E-state index in [0.717, 1.165) is 23.4 Å².